The van der Waals surface area contributed by atoms with E-state index >= 15 is 0 Å². The fourth-order valence-corrected chi connectivity index (χ4v) is 2.82. The van der Waals surface area contributed by atoms with Crippen LogP contribution in [0.2, 0.25) is 0 Å². The molecule has 1 atom stereocenters. The third kappa shape index (κ3) is 3.66. The normalized spacial score (nSPS) is 13.8. The molecule has 18 heavy (non-hydrogen) atoms. The van der Waals surface area contributed by atoms with E-state index in [1.165, 1.54) is 12.1 Å². The zero-order chi connectivity index (χ0) is 13.8. The lowest BCUT2D eigenvalue weighted by Gasteiger charge is -2.20. The molecule has 2 N–H and O–H groups in total. The lowest BCUT2D eigenvalue weighted by Crippen LogP contribution is -2.39. The van der Waals surface area contributed by atoms with E-state index in [9.17, 15) is 13.2 Å². The molecule has 1 unspecified atom stereocenters. The molecule has 0 saturated heterocycles. The van der Waals surface area contributed by atoms with E-state index in [-0.39, 0.29) is 29.4 Å². The summed E-state index contributed by atoms with van der Waals surface area (Å²) in [4.78, 5) is 10.4. The van der Waals surface area contributed by atoms with Gasteiger partial charge in [-0.1, -0.05) is 13.8 Å². The summed E-state index contributed by atoms with van der Waals surface area (Å²) in [6.45, 7) is 3.59. The Hall–Kier alpha value is -1.18. The van der Waals surface area contributed by atoms with Gasteiger partial charge in [-0.15, -0.1) is 0 Å². The third-order valence-electron chi connectivity index (χ3n) is 2.53. The summed E-state index contributed by atoms with van der Waals surface area (Å²) in [5, 5.41) is 8.59. The Morgan fingerprint density at radius 2 is 2.11 bits per heavy atom. The Bertz CT molecular complexity index is 491. The van der Waals surface area contributed by atoms with E-state index in [1.807, 2.05) is 13.8 Å². The van der Waals surface area contributed by atoms with Crippen LogP contribution in [0, 0.1) is 5.92 Å². The van der Waals surface area contributed by atoms with Crippen LogP contribution in [-0.4, -0.2) is 32.5 Å². The van der Waals surface area contributed by atoms with Gasteiger partial charge in [-0.05, 0) is 24.5 Å². The Labute approximate surface area is 106 Å². The smallest absolute Gasteiger partial charge is 0.274 e. The molecular weight excluding hydrogens is 258 g/mol. The Morgan fingerprint density at radius 1 is 1.44 bits per heavy atom. The number of carbonyl (C=O) groups is 1. The lowest BCUT2D eigenvalue weighted by atomic mass is 10.0. The van der Waals surface area contributed by atoms with Gasteiger partial charge in [-0.3, -0.25) is 4.79 Å². The van der Waals surface area contributed by atoms with Crippen LogP contribution in [0.5, 0.6) is 0 Å². The van der Waals surface area contributed by atoms with E-state index in [2.05, 4.69) is 4.72 Å². The number of hydrogen-bond donors (Lipinski definition) is 2. The highest BCUT2D eigenvalue weighted by Gasteiger charge is 2.24. The monoisotopic (exact) mass is 275 g/mol. The molecule has 7 heteroatoms. The topological polar surface area (TPSA) is 96.6 Å². The van der Waals surface area contributed by atoms with Crippen LogP contribution in [0.4, 0.5) is 0 Å². The first-order valence-corrected chi connectivity index (χ1v) is 7.07. The van der Waals surface area contributed by atoms with Gasteiger partial charge in [-0.2, -0.15) is 0 Å². The van der Waals surface area contributed by atoms with E-state index in [0.717, 1.165) is 0 Å². The molecule has 0 saturated carbocycles. The van der Waals surface area contributed by atoms with Gasteiger partial charge in [-0.25, -0.2) is 13.1 Å². The minimum Gasteiger partial charge on any atom is -0.440 e. The van der Waals surface area contributed by atoms with Crippen molar-refractivity contribution in [2.45, 2.75) is 31.4 Å². The molecule has 6 nitrogen and oxygen atoms in total. The molecule has 102 valence electrons. The molecule has 1 aromatic heterocycles. The van der Waals surface area contributed by atoms with Crippen molar-refractivity contribution >= 4 is 16.3 Å². The van der Waals surface area contributed by atoms with Crippen LogP contribution in [0.1, 0.15) is 30.8 Å². The number of aliphatic hydroxyl groups excluding tert-OH is 1. The number of sulfonamides is 1. The molecule has 1 aromatic rings. The van der Waals surface area contributed by atoms with Crippen LogP contribution in [0.15, 0.2) is 21.6 Å². The molecule has 0 amide bonds. The number of carbonyl (C=O) groups excluding carboxylic acids is 1. The number of rotatable bonds is 7. The largest absolute Gasteiger partial charge is 0.440 e. The SMILES string of the molecule is CC(C)C(CCO)NS(=O)(=O)c1ccc(C=O)o1. The fourth-order valence-electron chi connectivity index (χ4n) is 1.47. The zero-order valence-corrected chi connectivity index (χ0v) is 11.1. The molecule has 0 aliphatic heterocycles. The van der Waals surface area contributed by atoms with Gasteiger partial charge < -0.3 is 9.52 Å². The molecule has 1 rings (SSSR count). The Kier molecular flexibility index (Phi) is 5.06. The molecule has 0 aliphatic carbocycles. The summed E-state index contributed by atoms with van der Waals surface area (Å²) in [7, 11) is -3.80. The van der Waals surface area contributed by atoms with Crippen molar-refractivity contribution in [3.63, 3.8) is 0 Å². The van der Waals surface area contributed by atoms with Crippen LogP contribution >= 0.6 is 0 Å². The molecule has 0 fully saturated rings. The summed E-state index contributed by atoms with van der Waals surface area (Å²) in [6.07, 6.45) is 0.755. The second-order valence-electron chi connectivity index (χ2n) is 4.26. The number of aliphatic hydroxyl groups is 1. The number of nitrogens with one attached hydrogen (secondary N) is 1. The van der Waals surface area contributed by atoms with Crippen molar-refractivity contribution in [1.82, 2.24) is 4.72 Å². The summed E-state index contributed by atoms with van der Waals surface area (Å²) in [5.41, 5.74) is 0. The molecule has 0 spiro atoms. The minimum atomic E-state index is -3.80. The van der Waals surface area contributed by atoms with Gasteiger partial charge >= 0.3 is 0 Å². The maximum absolute atomic E-state index is 11.9. The second-order valence-corrected chi connectivity index (χ2v) is 5.90. The average Bonchev–Trinajstić information content (AvgIpc) is 2.77. The standard InChI is InChI=1S/C11H17NO5S/c1-8(2)10(5-6-13)12-18(15,16)11-4-3-9(7-14)17-11/h3-4,7-8,10,12-13H,5-6H2,1-2H3. The molecule has 0 aliphatic rings. The van der Waals surface area contributed by atoms with Crippen molar-refractivity contribution in [1.29, 1.82) is 0 Å². The van der Waals surface area contributed by atoms with Crippen molar-refractivity contribution in [3.05, 3.63) is 17.9 Å². The van der Waals surface area contributed by atoms with Gasteiger partial charge in [0.15, 0.2) is 12.0 Å². The Balaban J connectivity index is 2.89. The molecule has 0 radical (unpaired) electrons. The second kappa shape index (κ2) is 6.12. The van der Waals surface area contributed by atoms with Gasteiger partial charge in [0.05, 0.1) is 0 Å². The van der Waals surface area contributed by atoms with Crippen molar-refractivity contribution in [2.75, 3.05) is 6.61 Å². The summed E-state index contributed by atoms with van der Waals surface area (Å²) < 4.78 is 31.2. The van der Waals surface area contributed by atoms with Gasteiger partial charge in [0.2, 0.25) is 5.09 Å². The zero-order valence-electron chi connectivity index (χ0n) is 10.3. The average molecular weight is 275 g/mol. The van der Waals surface area contributed by atoms with Crippen molar-refractivity contribution in [3.8, 4) is 0 Å². The predicted octanol–water partition coefficient (Wildman–Crippen LogP) is 0.777. The van der Waals surface area contributed by atoms with Crippen molar-refractivity contribution < 1.29 is 22.7 Å². The first-order chi connectivity index (χ1) is 8.40. The van der Waals surface area contributed by atoms with Crippen LogP contribution in [0.25, 0.3) is 0 Å². The fraction of sp³-hybridized carbons (Fsp3) is 0.545. The third-order valence-corrected chi connectivity index (χ3v) is 3.90. The highest BCUT2D eigenvalue weighted by Crippen LogP contribution is 2.15. The first kappa shape index (κ1) is 14.9. The summed E-state index contributed by atoms with van der Waals surface area (Å²) >= 11 is 0. The van der Waals surface area contributed by atoms with E-state index in [4.69, 9.17) is 9.52 Å². The highest BCUT2D eigenvalue weighted by atomic mass is 32.2. The first-order valence-electron chi connectivity index (χ1n) is 5.59. The van der Waals surface area contributed by atoms with E-state index in [1.54, 1.807) is 0 Å². The van der Waals surface area contributed by atoms with Crippen molar-refractivity contribution in [2.24, 2.45) is 5.92 Å². The predicted molar refractivity (Wildman–Crippen MR) is 64.7 cm³/mol. The molecule has 1 heterocycles. The van der Waals surface area contributed by atoms with Gasteiger partial charge in [0, 0.05) is 12.6 Å². The van der Waals surface area contributed by atoms with Gasteiger partial charge in [0.1, 0.15) is 0 Å². The molecule has 0 bridgehead atoms. The molecular formula is C11H17NO5S. The number of aldehydes is 1. The number of furan rings is 1. The van der Waals surface area contributed by atoms with E-state index in [0.29, 0.717) is 12.7 Å². The minimum absolute atomic E-state index is 0.0347. The summed E-state index contributed by atoms with van der Waals surface area (Å²) in [6, 6.07) is 2.13. The maximum atomic E-state index is 11.9. The van der Waals surface area contributed by atoms with Crippen LogP contribution in [-0.2, 0) is 10.0 Å². The number of hydrogen-bond acceptors (Lipinski definition) is 5. The van der Waals surface area contributed by atoms with Crippen LogP contribution in [0.3, 0.4) is 0 Å². The Morgan fingerprint density at radius 3 is 2.56 bits per heavy atom. The summed E-state index contributed by atoms with van der Waals surface area (Å²) in [5.74, 6) is -0.00828. The van der Waals surface area contributed by atoms with Gasteiger partial charge in [0.25, 0.3) is 10.0 Å². The highest BCUT2D eigenvalue weighted by molar-refractivity contribution is 7.89. The van der Waals surface area contributed by atoms with E-state index < -0.39 is 10.0 Å². The quantitative estimate of drug-likeness (QED) is 0.717. The maximum Gasteiger partial charge on any atom is 0.274 e. The van der Waals surface area contributed by atoms with Crippen LogP contribution < -0.4 is 4.72 Å². The molecule has 0 aromatic carbocycles. The lowest BCUT2D eigenvalue weighted by molar-refractivity contribution is 0.109.